The van der Waals surface area contributed by atoms with Crippen LogP contribution >= 0.6 is 22.9 Å². The number of hydrogen-bond acceptors (Lipinski definition) is 4. The zero-order valence-electron chi connectivity index (χ0n) is 16.1. The lowest BCUT2D eigenvalue weighted by Crippen LogP contribution is -2.29. The molecule has 1 atom stereocenters. The topological polar surface area (TPSA) is 67.4 Å². The number of thiophene rings is 1. The highest BCUT2D eigenvalue weighted by molar-refractivity contribution is 7.10. The molecule has 0 spiro atoms. The van der Waals surface area contributed by atoms with Gasteiger partial charge in [0.15, 0.2) is 5.75 Å². The first-order valence-electron chi connectivity index (χ1n) is 9.05. The van der Waals surface area contributed by atoms with E-state index in [1.54, 1.807) is 18.2 Å². The third-order valence-corrected chi connectivity index (χ3v) is 5.34. The number of carbonyl (C=O) groups excluding carboxylic acids is 2. The number of rotatable bonds is 7. The van der Waals surface area contributed by atoms with Crippen LogP contribution in [0.25, 0.3) is 0 Å². The van der Waals surface area contributed by atoms with Crippen molar-refractivity contribution in [3.63, 3.8) is 0 Å². The van der Waals surface area contributed by atoms with Crippen LogP contribution in [-0.2, 0) is 9.59 Å². The van der Waals surface area contributed by atoms with Crippen molar-refractivity contribution in [2.75, 3.05) is 5.32 Å². The number of aryl methyl sites for hydroxylation is 1. The van der Waals surface area contributed by atoms with Crippen LogP contribution in [0, 0.1) is 6.92 Å². The Bertz CT molecular complexity index is 988. The number of halogens is 1. The van der Waals surface area contributed by atoms with Crippen molar-refractivity contribution < 1.29 is 14.3 Å². The fourth-order valence-corrected chi connectivity index (χ4v) is 3.72. The first kappa shape index (κ1) is 20.9. The Hall–Kier alpha value is -2.83. The smallest absolute Gasteiger partial charge is 0.226 e. The third-order valence-electron chi connectivity index (χ3n) is 4.12. The van der Waals surface area contributed by atoms with E-state index < -0.39 is 6.04 Å². The van der Waals surface area contributed by atoms with E-state index in [9.17, 15) is 9.59 Å². The van der Waals surface area contributed by atoms with Crippen LogP contribution in [0.15, 0.2) is 60.0 Å². The molecule has 1 aromatic heterocycles. The van der Waals surface area contributed by atoms with Gasteiger partial charge in [0.2, 0.25) is 11.8 Å². The Labute approximate surface area is 178 Å². The summed E-state index contributed by atoms with van der Waals surface area (Å²) in [5.41, 5.74) is 1.59. The van der Waals surface area contributed by atoms with Crippen molar-refractivity contribution in [2.24, 2.45) is 0 Å². The molecule has 29 heavy (non-hydrogen) atoms. The molecule has 0 saturated carbocycles. The molecule has 0 aliphatic carbocycles. The summed E-state index contributed by atoms with van der Waals surface area (Å²) < 4.78 is 5.92. The summed E-state index contributed by atoms with van der Waals surface area (Å²) in [6, 6.07) is 16.1. The van der Waals surface area contributed by atoms with Crippen LogP contribution in [0.3, 0.4) is 0 Å². The number of benzene rings is 2. The molecule has 0 radical (unpaired) electrons. The zero-order chi connectivity index (χ0) is 20.8. The maximum absolute atomic E-state index is 12.7. The second kappa shape index (κ2) is 9.58. The number of anilines is 1. The van der Waals surface area contributed by atoms with Gasteiger partial charge in [0.1, 0.15) is 5.75 Å². The van der Waals surface area contributed by atoms with Crippen LogP contribution < -0.4 is 15.4 Å². The molecule has 0 aliphatic heterocycles. The summed E-state index contributed by atoms with van der Waals surface area (Å²) in [7, 11) is 0. The Balaban J connectivity index is 1.75. The van der Waals surface area contributed by atoms with Gasteiger partial charge in [-0.1, -0.05) is 35.4 Å². The van der Waals surface area contributed by atoms with Gasteiger partial charge in [-0.3, -0.25) is 9.59 Å². The SMILES string of the molecule is CC(=O)NC(CC(=O)Nc1cc(Cl)ccc1Oc1ccc(C)cc1)c1cccs1. The predicted octanol–water partition coefficient (Wildman–Crippen LogP) is 5.71. The van der Waals surface area contributed by atoms with Crippen molar-refractivity contribution in [3.8, 4) is 11.5 Å². The van der Waals surface area contributed by atoms with E-state index in [0.717, 1.165) is 10.4 Å². The minimum absolute atomic E-state index is 0.0938. The van der Waals surface area contributed by atoms with Crippen molar-refractivity contribution in [1.82, 2.24) is 5.32 Å². The molecule has 5 nitrogen and oxygen atoms in total. The molecule has 2 N–H and O–H groups in total. The summed E-state index contributed by atoms with van der Waals surface area (Å²) in [6.07, 6.45) is 0.0938. The molecule has 0 aliphatic rings. The van der Waals surface area contributed by atoms with Crippen molar-refractivity contribution in [2.45, 2.75) is 26.3 Å². The third kappa shape index (κ3) is 6.07. The second-order valence-corrected chi connectivity index (χ2v) is 7.99. The van der Waals surface area contributed by atoms with Gasteiger partial charge in [-0.2, -0.15) is 0 Å². The van der Waals surface area contributed by atoms with Gasteiger partial charge < -0.3 is 15.4 Å². The maximum atomic E-state index is 12.7. The highest BCUT2D eigenvalue weighted by Gasteiger charge is 2.19. The fourth-order valence-electron chi connectivity index (χ4n) is 2.77. The average Bonchev–Trinajstić information content (AvgIpc) is 3.19. The van der Waals surface area contributed by atoms with Crippen LogP contribution in [0.4, 0.5) is 5.69 Å². The highest BCUT2D eigenvalue weighted by Crippen LogP contribution is 2.33. The van der Waals surface area contributed by atoms with Crippen molar-refractivity contribution >= 4 is 40.4 Å². The fraction of sp³-hybridized carbons (Fsp3) is 0.182. The summed E-state index contributed by atoms with van der Waals surface area (Å²) in [6.45, 7) is 3.43. The van der Waals surface area contributed by atoms with E-state index in [0.29, 0.717) is 22.2 Å². The van der Waals surface area contributed by atoms with E-state index in [4.69, 9.17) is 16.3 Å². The van der Waals surface area contributed by atoms with Crippen LogP contribution in [0.5, 0.6) is 11.5 Å². The highest BCUT2D eigenvalue weighted by atomic mass is 35.5. The quantitative estimate of drug-likeness (QED) is 0.506. The Morgan fingerprint density at radius 1 is 1.14 bits per heavy atom. The van der Waals surface area contributed by atoms with Gasteiger partial charge in [0.25, 0.3) is 0 Å². The van der Waals surface area contributed by atoms with Crippen LogP contribution in [-0.4, -0.2) is 11.8 Å². The van der Waals surface area contributed by atoms with E-state index in [1.807, 2.05) is 48.7 Å². The Morgan fingerprint density at radius 2 is 1.90 bits per heavy atom. The lowest BCUT2D eigenvalue weighted by atomic mass is 10.1. The van der Waals surface area contributed by atoms with Gasteiger partial charge >= 0.3 is 0 Å². The van der Waals surface area contributed by atoms with Gasteiger partial charge in [0, 0.05) is 16.8 Å². The van der Waals surface area contributed by atoms with E-state index in [2.05, 4.69) is 10.6 Å². The summed E-state index contributed by atoms with van der Waals surface area (Å²) in [5.74, 6) is 0.692. The molecule has 0 fully saturated rings. The Kier molecular flexibility index (Phi) is 6.90. The Morgan fingerprint density at radius 3 is 2.55 bits per heavy atom. The van der Waals surface area contributed by atoms with E-state index >= 15 is 0 Å². The lowest BCUT2D eigenvalue weighted by molar-refractivity contribution is -0.120. The summed E-state index contributed by atoms with van der Waals surface area (Å²) >= 11 is 7.61. The predicted molar refractivity (Wildman–Crippen MR) is 117 cm³/mol. The molecule has 7 heteroatoms. The molecule has 0 bridgehead atoms. The largest absolute Gasteiger partial charge is 0.455 e. The molecule has 150 valence electrons. The van der Waals surface area contributed by atoms with Gasteiger partial charge in [0.05, 0.1) is 18.2 Å². The summed E-state index contributed by atoms with van der Waals surface area (Å²) in [4.78, 5) is 25.2. The number of nitrogens with one attached hydrogen (secondary N) is 2. The van der Waals surface area contributed by atoms with Gasteiger partial charge in [-0.05, 0) is 48.7 Å². The average molecular weight is 429 g/mol. The van der Waals surface area contributed by atoms with Crippen LogP contribution in [0.1, 0.15) is 29.8 Å². The zero-order valence-corrected chi connectivity index (χ0v) is 17.6. The maximum Gasteiger partial charge on any atom is 0.226 e. The molecule has 1 unspecified atom stereocenters. The van der Waals surface area contributed by atoms with E-state index in [-0.39, 0.29) is 18.2 Å². The molecule has 2 aromatic carbocycles. The number of carbonyl (C=O) groups is 2. The molecular formula is C22H21ClN2O3S. The number of hydrogen-bond donors (Lipinski definition) is 2. The molecule has 3 rings (SSSR count). The first-order valence-corrected chi connectivity index (χ1v) is 10.3. The monoisotopic (exact) mass is 428 g/mol. The van der Waals surface area contributed by atoms with Crippen molar-refractivity contribution in [1.29, 1.82) is 0 Å². The second-order valence-electron chi connectivity index (χ2n) is 6.58. The van der Waals surface area contributed by atoms with Crippen molar-refractivity contribution in [3.05, 3.63) is 75.4 Å². The lowest BCUT2D eigenvalue weighted by Gasteiger charge is -2.17. The van der Waals surface area contributed by atoms with Gasteiger partial charge in [-0.25, -0.2) is 0 Å². The molecule has 1 heterocycles. The molecule has 2 amide bonds. The minimum atomic E-state index is -0.395. The van der Waals surface area contributed by atoms with Crippen LogP contribution in [0.2, 0.25) is 5.02 Å². The molecule has 0 saturated heterocycles. The summed E-state index contributed by atoms with van der Waals surface area (Å²) in [5, 5.41) is 8.07. The molecule has 3 aromatic rings. The van der Waals surface area contributed by atoms with Gasteiger partial charge in [-0.15, -0.1) is 11.3 Å². The normalized spacial score (nSPS) is 11.6. The van der Waals surface area contributed by atoms with E-state index in [1.165, 1.54) is 18.3 Å². The minimum Gasteiger partial charge on any atom is -0.455 e. The first-order chi connectivity index (χ1) is 13.9. The molecular weight excluding hydrogens is 408 g/mol. The number of ether oxygens (including phenoxy) is 1. The standard InChI is InChI=1S/C22H21ClN2O3S/c1-14-5-8-17(9-6-14)28-20-10-7-16(23)12-18(20)25-22(27)13-19(24-15(2)26)21-4-3-11-29-21/h3-12,19H,13H2,1-2H3,(H,24,26)(H,25,27). The number of amides is 2.